The van der Waals surface area contributed by atoms with Crippen LogP contribution in [0.4, 0.5) is 8.78 Å². The largest absolute Gasteiger partial charge is 0.342 e. The van der Waals surface area contributed by atoms with Crippen LogP contribution < -0.4 is 0 Å². The van der Waals surface area contributed by atoms with Crippen LogP contribution in [0.5, 0.6) is 0 Å². The number of H-pyrrole nitrogens is 1. The summed E-state index contributed by atoms with van der Waals surface area (Å²) in [4.78, 5) is 20.0. The van der Waals surface area contributed by atoms with Crippen molar-refractivity contribution < 1.29 is 13.6 Å². The number of piperidine rings is 1. The molecule has 1 unspecified atom stereocenters. The van der Waals surface area contributed by atoms with Crippen LogP contribution in [0.3, 0.4) is 0 Å². The Kier molecular flexibility index (Phi) is 5.71. The zero-order valence-corrected chi connectivity index (χ0v) is 16.9. The number of aromatic nitrogens is 3. The highest BCUT2D eigenvalue weighted by atomic mass is 32.1. The van der Waals surface area contributed by atoms with Crippen molar-refractivity contribution >= 4 is 17.2 Å². The first kappa shape index (κ1) is 19.7. The first-order valence-electron chi connectivity index (χ1n) is 9.68. The van der Waals surface area contributed by atoms with E-state index >= 15 is 0 Å². The van der Waals surface area contributed by atoms with Crippen LogP contribution in [0.15, 0.2) is 29.9 Å². The summed E-state index contributed by atoms with van der Waals surface area (Å²) in [5.41, 5.74) is 5.00. The highest BCUT2D eigenvalue weighted by Gasteiger charge is 2.28. The molecule has 1 amide bonds. The number of aromatic amines is 1. The predicted octanol–water partition coefficient (Wildman–Crippen LogP) is 4.46. The van der Waals surface area contributed by atoms with Gasteiger partial charge in [-0.15, -0.1) is 11.3 Å². The van der Waals surface area contributed by atoms with Crippen molar-refractivity contribution in [3.8, 4) is 11.1 Å². The van der Waals surface area contributed by atoms with E-state index in [2.05, 4.69) is 15.2 Å². The first-order valence-corrected chi connectivity index (χ1v) is 10.6. The van der Waals surface area contributed by atoms with E-state index in [1.54, 1.807) is 23.6 Å². The average molecular weight is 416 g/mol. The maximum Gasteiger partial charge on any atom is 0.222 e. The van der Waals surface area contributed by atoms with E-state index in [0.29, 0.717) is 24.9 Å². The maximum atomic E-state index is 13.7. The van der Waals surface area contributed by atoms with E-state index in [0.717, 1.165) is 47.3 Å². The number of nitrogens with zero attached hydrogens (tertiary/aromatic N) is 3. The molecule has 152 valence electrons. The fourth-order valence-corrected chi connectivity index (χ4v) is 4.67. The Morgan fingerprint density at radius 2 is 2.21 bits per heavy atom. The van der Waals surface area contributed by atoms with Gasteiger partial charge in [-0.1, -0.05) is 6.07 Å². The first-order chi connectivity index (χ1) is 14.0. The zero-order chi connectivity index (χ0) is 20.4. The van der Waals surface area contributed by atoms with Crippen molar-refractivity contribution in [2.75, 3.05) is 13.1 Å². The number of likely N-dealkylation sites (tertiary alicyclic amines) is 1. The van der Waals surface area contributed by atoms with Gasteiger partial charge < -0.3 is 4.90 Å². The molecule has 1 N–H and O–H groups in total. The summed E-state index contributed by atoms with van der Waals surface area (Å²) in [6.45, 7) is 3.30. The monoisotopic (exact) mass is 416 g/mol. The van der Waals surface area contributed by atoms with Gasteiger partial charge in [0.25, 0.3) is 0 Å². The molecule has 1 aliphatic heterocycles. The predicted molar refractivity (Wildman–Crippen MR) is 108 cm³/mol. The van der Waals surface area contributed by atoms with Crippen LogP contribution in [0.2, 0.25) is 0 Å². The molecule has 4 rings (SSSR count). The number of nitrogens with one attached hydrogen (secondary N) is 1. The Morgan fingerprint density at radius 1 is 1.34 bits per heavy atom. The van der Waals surface area contributed by atoms with E-state index in [1.807, 2.05) is 17.3 Å². The molecule has 1 aromatic carbocycles. The molecule has 1 saturated heterocycles. The van der Waals surface area contributed by atoms with Crippen molar-refractivity contribution in [3.63, 3.8) is 0 Å². The van der Waals surface area contributed by atoms with Crippen LogP contribution >= 0.6 is 11.3 Å². The van der Waals surface area contributed by atoms with Gasteiger partial charge in [-0.05, 0) is 43.9 Å². The fourth-order valence-electron chi connectivity index (χ4n) is 3.89. The van der Waals surface area contributed by atoms with Crippen LogP contribution in [0.25, 0.3) is 11.1 Å². The Balaban J connectivity index is 1.46. The summed E-state index contributed by atoms with van der Waals surface area (Å²) in [6, 6.07) is 3.86. The SMILES string of the molecule is Cc1ncsc1CCC(=O)N1CCCC(c2[nH]ncc2-c2ccc(F)c(F)c2)C1. The highest BCUT2D eigenvalue weighted by Crippen LogP contribution is 2.33. The van der Waals surface area contributed by atoms with E-state index in [9.17, 15) is 13.6 Å². The molecule has 1 atom stereocenters. The topological polar surface area (TPSA) is 61.9 Å². The molecule has 0 aliphatic carbocycles. The second-order valence-electron chi connectivity index (χ2n) is 7.37. The second-order valence-corrected chi connectivity index (χ2v) is 8.31. The van der Waals surface area contributed by atoms with E-state index in [4.69, 9.17) is 0 Å². The minimum atomic E-state index is -0.881. The van der Waals surface area contributed by atoms with E-state index < -0.39 is 11.6 Å². The second kappa shape index (κ2) is 8.41. The van der Waals surface area contributed by atoms with Gasteiger partial charge in [-0.3, -0.25) is 9.89 Å². The molecule has 3 heterocycles. The van der Waals surface area contributed by atoms with E-state index in [1.165, 1.54) is 6.07 Å². The molecule has 29 heavy (non-hydrogen) atoms. The number of thiazole rings is 1. The third kappa shape index (κ3) is 4.22. The van der Waals surface area contributed by atoms with Gasteiger partial charge in [-0.2, -0.15) is 5.10 Å². The van der Waals surface area contributed by atoms with Crippen molar-refractivity contribution in [1.82, 2.24) is 20.1 Å². The minimum absolute atomic E-state index is 0.0865. The summed E-state index contributed by atoms with van der Waals surface area (Å²) in [6.07, 6.45) is 4.62. The number of hydrogen-bond donors (Lipinski definition) is 1. The standard InChI is InChI=1S/C21H22F2N4OS/c1-13-19(29-12-24-13)6-7-20(28)27-8-2-3-15(11-27)21-16(10-25-26-21)14-4-5-17(22)18(23)9-14/h4-5,9-10,12,15H,2-3,6-8,11H2,1H3,(H,25,26). The minimum Gasteiger partial charge on any atom is -0.342 e. The number of hydrogen-bond acceptors (Lipinski definition) is 4. The lowest BCUT2D eigenvalue weighted by molar-refractivity contribution is -0.132. The number of benzene rings is 1. The summed E-state index contributed by atoms with van der Waals surface area (Å²) in [5, 5.41) is 7.14. The molecule has 1 aliphatic rings. The van der Waals surface area contributed by atoms with Crippen LogP contribution in [0, 0.1) is 18.6 Å². The van der Waals surface area contributed by atoms with Crippen molar-refractivity contribution in [3.05, 3.63) is 57.8 Å². The van der Waals surface area contributed by atoms with Gasteiger partial charge in [0, 0.05) is 41.6 Å². The van der Waals surface area contributed by atoms with Gasteiger partial charge in [0.15, 0.2) is 11.6 Å². The lowest BCUT2D eigenvalue weighted by atomic mass is 9.90. The lowest BCUT2D eigenvalue weighted by Crippen LogP contribution is -2.39. The molecule has 0 bridgehead atoms. The van der Waals surface area contributed by atoms with Gasteiger partial charge in [0.05, 0.1) is 17.4 Å². The van der Waals surface area contributed by atoms with Crippen molar-refractivity contribution in [2.45, 2.75) is 38.5 Å². The lowest BCUT2D eigenvalue weighted by Gasteiger charge is -2.33. The number of amides is 1. The Morgan fingerprint density at radius 3 is 2.97 bits per heavy atom. The van der Waals surface area contributed by atoms with Crippen LogP contribution in [-0.2, 0) is 11.2 Å². The number of carbonyl (C=O) groups is 1. The summed E-state index contributed by atoms with van der Waals surface area (Å²) < 4.78 is 27.0. The van der Waals surface area contributed by atoms with Gasteiger partial charge in [0.1, 0.15) is 0 Å². The number of carbonyl (C=O) groups excluding carboxylic acids is 1. The quantitative estimate of drug-likeness (QED) is 0.668. The van der Waals surface area contributed by atoms with Gasteiger partial charge in [0.2, 0.25) is 5.91 Å². The zero-order valence-electron chi connectivity index (χ0n) is 16.1. The molecule has 3 aromatic rings. The fraction of sp³-hybridized carbons (Fsp3) is 0.381. The van der Waals surface area contributed by atoms with E-state index in [-0.39, 0.29) is 11.8 Å². The molecule has 0 spiro atoms. The van der Waals surface area contributed by atoms with Crippen LogP contribution in [0.1, 0.15) is 41.4 Å². The summed E-state index contributed by atoms with van der Waals surface area (Å²) >= 11 is 1.59. The maximum absolute atomic E-state index is 13.7. The summed E-state index contributed by atoms with van der Waals surface area (Å²) in [7, 11) is 0. The van der Waals surface area contributed by atoms with Gasteiger partial charge in [-0.25, -0.2) is 13.8 Å². The molecular weight excluding hydrogens is 394 g/mol. The van der Waals surface area contributed by atoms with Crippen molar-refractivity contribution in [2.24, 2.45) is 0 Å². The molecule has 0 saturated carbocycles. The normalized spacial score (nSPS) is 16.9. The third-order valence-corrected chi connectivity index (χ3v) is 6.49. The molecule has 5 nitrogen and oxygen atoms in total. The molecular formula is C21H22F2N4OS. The number of aryl methyl sites for hydroxylation is 2. The van der Waals surface area contributed by atoms with Crippen molar-refractivity contribution in [1.29, 1.82) is 0 Å². The Hall–Kier alpha value is -2.61. The Labute approximate surface area is 171 Å². The smallest absolute Gasteiger partial charge is 0.222 e. The molecule has 1 fully saturated rings. The molecule has 0 radical (unpaired) electrons. The number of rotatable bonds is 5. The third-order valence-electron chi connectivity index (χ3n) is 5.49. The Bertz CT molecular complexity index is 1020. The van der Waals surface area contributed by atoms with Crippen LogP contribution in [-0.4, -0.2) is 39.1 Å². The molecule has 2 aromatic heterocycles. The molecule has 8 heteroatoms. The number of halogens is 2. The van der Waals surface area contributed by atoms with Gasteiger partial charge >= 0.3 is 0 Å². The highest BCUT2D eigenvalue weighted by molar-refractivity contribution is 7.09. The summed E-state index contributed by atoms with van der Waals surface area (Å²) in [5.74, 6) is -1.53. The average Bonchev–Trinajstić information content (AvgIpc) is 3.37.